The minimum absolute atomic E-state index is 0.0193. The molecule has 1 atom stereocenters. The van der Waals surface area contributed by atoms with E-state index in [2.05, 4.69) is 33.7 Å². The summed E-state index contributed by atoms with van der Waals surface area (Å²) in [7, 11) is 1.62. The Balaban J connectivity index is 1.39. The van der Waals surface area contributed by atoms with Crippen molar-refractivity contribution in [1.82, 2.24) is 20.2 Å². The number of para-hydroxylation sites is 1. The minimum atomic E-state index is -0.0308. The fraction of sp³-hybridized carbons (Fsp3) is 0.167. The Bertz CT molecular complexity index is 1250. The van der Waals surface area contributed by atoms with Gasteiger partial charge in [0.15, 0.2) is 0 Å². The van der Waals surface area contributed by atoms with Crippen LogP contribution in [0.2, 0.25) is 0 Å². The molecule has 166 valence electrons. The first-order valence-corrected chi connectivity index (χ1v) is 12.4. The van der Waals surface area contributed by atoms with Gasteiger partial charge in [-0.2, -0.15) is 4.68 Å². The maximum Gasteiger partial charge on any atom is 0.238 e. The Labute approximate surface area is 200 Å². The van der Waals surface area contributed by atoms with E-state index in [1.165, 1.54) is 11.8 Å². The SMILES string of the molecule is COc1ccc(-n2nnnc2SCC(=O)N2c3ccccc3SCC2c2ccccc2)cc1. The Morgan fingerprint density at radius 3 is 2.61 bits per heavy atom. The zero-order valence-corrected chi connectivity index (χ0v) is 19.5. The number of thioether (sulfide) groups is 2. The van der Waals surface area contributed by atoms with Crippen LogP contribution in [-0.4, -0.2) is 44.7 Å². The molecule has 1 amide bonds. The van der Waals surface area contributed by atoms with Crippen molar-refractivity contribution < 1.29 is 9.53 Å². The Morgan fingerprint density at radius 2 is 1.82 bits per heavy atom. The van der Waals surface area contributed by atoms with E-state index in [0.29, 0.717) is 5.16 Å². The van der Waals surface area contributed by atoms with Crippen LogP contribution in [-0.2, 0) is 4.79 Å². The van der Waals surface area contributed by atoms with Crippen LogP contribution in [0.3, 0.4) is 0 Å². The second kappa shape index (κ2) is 9.68. The number of rotatable bonds is 6. The number of amides is 1. The van der Waals surface area contributed by atoms with Crippen molar-refractivity contribution in [2.24, 2.45) is 0 Å². The number of ether oxygens (including phenoxy) is 1. The summed E-state index contributed by atoms with van der Waals surface area (Å²) in [5.74, 6) is 1.80. The molecule has 1 unspecified atom stereocenters. The summed E-state index contributed by atoms with van der Waals surface area (Å²) in [6.07, 6.45) is 0. The van der Waals surface area contributed by atoms with E-state index in [9.17, 15) is 4.79 Å². The van der Waals surface area contributed by atoms with Gasteiger partial charge in [0.2, 0.25) is 11.1 Å². The van der Waals surface area contributed by atoms with Crippen molar-refractivity contribution >= 4 is 35.1 Å². The molecular weight excluding hydrogens is 454 g/mol. The molecule has 3 aromatic carbocycles. The molecule has 1 aromatic heterocycles. The van der Waals surface area contributed by atoms with Crippen LogP contribution in [0, 0.1) is 0 Å². The number of carbonyl (C=O) groups is 1. The molecule has 0 bridgehead atoms. The van der Waals surface area contributed by atoms with Crippen LogP contribution in [0.1, 0.15) is 11.6 Å². The third-order valence-electron chi connectivity index (χ3n) is 5.37. The lowest BCUT2D eigenvalue weighted by Crippen LogP contribution is -2.39. The topological polar surface area (TPSA) is 73.1 Å². The van der Waals surface area contributed by atoms with Gasteiger partial charge < -0.3 is 9.64 Å². The second-order valence-electron chi connectivity index (χ2n) is 7.33. The number of fused-ring (bicyclic) bond motifs is 1. The van der Waals surface area contributed by atoms with Gasteiger partial charge in [0.05, 0.1) is 30.3 Å². The van der Waals surface area contributed by atoms with Gasteiger partial charge in [0.25, 0.3) is 0 Å². The van der Waals surface area contributed by atoms with Gasteiger partial charge in [-0.25, -0.2) is 0 Å². The van der Waals surface area contributed by atoms with Gasteiger partial charge in [-0.05, 0) is 52.4 Å². The summed E-state index contributed by atoms with van der Waals surface area (Å²) in [4.78, 5) is 16.6. The predicted octanol–water partition coefficient (Wildman–Crippen LogP) is 4.64. The van der Waals surface area contributed by atoms with Gasteiger partial charge in [-0.3, -0.25) is 4.79 Å². The Kier molecular flexibility index (Phi) is 6.32. The van der Waals surface area contributed by atoms with Crippen LogP contribution < -0.4 is 9.64 Å². The van der Waals surface area contributed by atoms with E-state index in [-0.39, 0.29) is 17.7 Å². The monoisotopic (exact) mass is 475 g/mol. The lowest BCUT2D eigenvalue weighted by molar-refractivity contribution is -0.116. The predicted molar refractivity (Wildman–Crippen MR) is 130 cm³/mol. The zero-order chi connectivity index (χ0) is 22.6. The summed E-state index contributed by atoms with van der Waals surface area (Å²) >= 11 is 3.11. The number of hydrogen-bond donors (Lipinski definition) is 0. The molecule has 33 heavy (non-hydrogen) atoms. The van der Waals surface area contributed by atoms with Crippen molar-refractivity contribution in [1.29, 1.82) is 0 Å². The number of hydrogen-bond acceptors (Lipinski definition) is 7. The molecule has 0 saturated carbocycles. The lowest BCUT2D eigenvalue weighted by atomic mass is 10.1. The minimum Gasteiger partial charge on any atom is -0.497 e. The third kappa shape index (κ3) is 4.46. The number of benzene rings is 3. The van der Waals surface area contributed by atoms with Gasteiger partial charge in [-0.1, -0.05) is 54.2 Å². The number of methoxy groups -OCH3 is 1. The van der Waals surface area contributed by atoms with Gasteiger partial charge in [0, 0.05) is 10.6 Å². The first-order chi connectivity index (χ1) is 16.2. The summed E-state index contributed by atoms with van der Waals surface area (Å²) < 4.78 is 6.85. The molecule has 1 aliphatic rings. The van der Waals surface area contributed by atoms with Crippen molar-refractivity contribution in [3.63, 3.8) is 0 Å². The number of anilines is 1. The number of tetrazole rings is 1. The maximum atomic E-state index is 13.6. The molecule has 2 heterocycles. The number of nitrogens with zero attached hydrogens (tertiary/aromatic N) is 5. The highest BCUT2D eigenvalue weighted by molar-refractivity contribution is 8.00. The molecular formula is C24H21N5O2S2. The smallest absolute Gasteiger partial charge is 0.238 e. The van der Waals surface area contributed by atoms with Crippen LogP contribution in [0.4, 0.5) is 5.69 Å². The van der Waals surface area contributed by atoms with Gasteiger partial charge >= 0.3 is 0 Å². The summed E-state index contributed by atoms with van der Waals surface area (Å²) in [5, 5.41) is 12.6. The fourth-order valence-corrected chi connectivity index (χ4v) is 5.69. The molecule has 0 fully saturated rings. The van der Waals surface area contributed by atoms with Crippen molar-refractivity contribution in [2.75, 3.05) is 23.5 Å². The molecule has 9 heteroatoms. The van der Waals surface area contributed by atoms with Crippen molar-refractivity contribution in [3.05, 3.63) is 84.4 Å². The average molecular weight is 476 g/mol. The van der Waals surface area contributed by atoms with Crippen LogP contribution >= 0.6 is 23.5 Å². The summed E-state index contributed by atoms with van der Waals surface area (Å²) in [6.45, 7) is 0. The van der Waals surface area contributed by atoms with E-state index >= 15 is 0 Å². The molecule has 5 rings (SSSR count). The zero-order valence-electron chi connectivity index (χ0n) is 17.9. The summed E-state index contributed by atoms with van der Waals surface area (Å²) in [5.41, 5.74) is 2.88. The van der Waals surface area contributed by atoms with E-state index in [4.69, 9.17) is 4.74 Å². The van der Waals surface area contributed by atoms with E-state index in [1.54, 1.807) is 23.6 Å². The molecule has 0 saturated heterocycles. The quantitative estimate of drug-likeness (QED) is 0.376. The molecule has 1 aliphatic heterocycles. The third-order valence-corrected chi connectivity index (χ3v) is 7.41. The average Bonchev–Trinajstić information content (AvgIpc) is 3.36. The molecule has 0 aliphatic carbocycles. The highest BCUT2D eigenvalue weighted by Crippen LogP contribution is 2.43. The first kappa shape index (κ1) is 21.5. The van der Waals surface area contributed by atoms with Gasteiger partial charge in [0.1, 0.15) is 5.75 Å². The normalized spacial score (nSPS) is 15.2. The van der Waals surface area contributed by atoms with Gasteiger partial charge in [-0.15, -0.1) is 16.9 Å². The van der Waals surface area contributed by atoms with E-state index < -0.39 is 0 Å². The van der Waals surface area contributed by atoms with E-state index in [0.717, 1.165) is 33.3 Å². The highest BCUT2D eigenvalue weighted by atomic mass is 32.2. The maximum absolute atomic E-state index is 13.6. The summed E-state index contributed by atoms with van der Waals surface area (Å²) in [6, 6.07) is 25.7. The highest BCUT2D eigenvalue weighted by Gasteiger charge is 2.32. The second-order valence-corrected chi connectivity index (χ2v) is 9.33. The van der Waals surface area contributed by atoms with Crippen LogP contribution in [0.25, 0.3) is 5.69 Å². The molecule has 0 spiro atoms. The number of aromatic nitrogens is 4. The van der Waals surface area contributed by atoms with Crippen LogP contribution in [0.15, 0.2) is 88.9 Å². The standard InChI is InChI=1S/C24H21N5O2S2/c1-31-19-13-11-18(12-14-19)29-24(25-26-27-29)33-16-23(30)28-20-9-5-6-10-22(20)32-15-21(28)17-7-3-2-4-8-17/h2-14,21H,15-16H2,1H3. The van der Waals surface area contributed by atoms with E-state index in [1.807, 2.05) is 65.6 Å². The largest absolute Gasteiger partial charge is 0.497 e. The van der Waals surface area contributed by atoms with Crippen molar-refractivity contribution in [3.8, 4) is 11.4 Å². The first-order valence-electron chi connectivity index (χ1n) is 10.4. The lowest BCUT2D eigenvalue weighted by Gasteiger charge is -2.37. The fourth-order valence-electron chi connectivity index (χ4n) is 3.77. The van der Waals surface area contributed by atoms with Crippen molar-refractivity contribution in [2.45, 2.75) is 16.1 Å². The number of carbonyl (C=O) groups excluding carboxylic acids is 1. The molecule has 0 N–H and O–H groups in total. The molecule has 4 aromatic rings. The Morgan fingerprint density at radius 1 is 1.06 bits per heavy atom. The Hall–Kier alpha value is -3.30. The van der Waals surface area contributed by atoms with Crippen LogP contribution in [0.5, 0.6) is 5.75 Å². The molecule has 0 radical (unpaired) electrons. The molecule has 7 nitrogen and oxygen atoms in total.